The van der Waals surface area contributed by atoms with E-state index in [1.165, 1.54) is 22.0 Å². The molecule has 2 aliphatic heterocycles. The van der Waals surface area contributed by atoms with Crippen LogP contribution in [-0.2, 0) is 16.9 Å². The van der Waals surface area contributed by atoms with Crippen molar-refractivity contribution in [2.24, 2.45) is 5.92 Å². The minimum atomic E-state index is 0.0209. The van der Waals surface area contributed by atoms with Crippen LogP contribution in [0.15, 0.2) is 60.8 Å². The number of H-pyrrole nitrogens is 1. The number of nitrogens with zero attached hydrogens (tertiary/aromatic N) is 3. The Hall–Kier alpha value is -2.63. The van der Waals surface area contributed by atoms with Crippen molar-refractivity contribution in [1.82, 2.24) is 19.7 Å². The highest BCUT2D eigenvalue weighted by Crippen LogP contribution is 2.38. The van der Waals surface area contributed by atoms with Crippen LogP contribution in [0.3, 0.4) is 0 Å². The number of aromatic nitrogens is 1. The minimum absolute atomic E-state index is 0.0209. The predicted molar refractivity (Wildman–Crippen MR) is 134 cm³/mol. The average Bonchev–Trinajstić information content (AvgIpc) is 3.32. The van der Waals surface area contributed by atoms with Gasteiger partial charge in [-0.15, -0.1) is 0 Å². The Morgan fingerprint density at radius 2 is 1.85 bits per heavy atom. The van der Waals surface area contributed by atoms with E-state index in [2.05, 4.69) is 88.4 Å². The summed E-state index contributed by atoms with van der Waals surface area (Å²) in [5, 5.41) is 1.25. The van der Waals surface area contributed by atoms with Gasteiger partial charge in [0.1, 0.15) is 0 Å². The maximum atomic E-state index is 13.5. The molecule has 0 radical (unpaired) electrons. The molecule has 2 aliphatic rings. The summed E-state index contributed by atoms with van der Waals surface area (Å²) in [6.07, 6.45) is 6.08. The van der Waals surface area contributed by atoms with E-state index < -0.39 is 0 Å². The lowest BCUT2D eigenvalue weighted by Gasteiger charge is -2.47. The van der Waals surface area contributed by atoms with Gasteiger partial charge in [0.05, 0.1) is 5.92 Å². The quantitative estimate of drug-likeness (QED) is 0.632. The van der Waals surface area contributed by atoms with Gasteiger partial charge in [-0.25, -0.2) is 0 Å². The Morgan fingerprint density at radius 1 is 1.06 bits per heavy atom. The molecule has 1 atom stereocenters. The van der Waals surface area contributed by atoms with Crippen LogP contribution in [0.25, 0.3) is 10.9 Å². The summed E-state index contributed by atoms with van der Waals surface area (Å²) in [5.41, 5.74) is 3.89. The molecule has 3 aromatic rings. The molecule has 2 saturated heterocycles. The molecule has 2 fully saturated rings. The first-order valence-electron chi connectivity index (χ1n) is 12.4. The topological polar surface area (TPSA) is 42.6 Å². The number of hydrogen-bond donors (Lipinski definition) is 1. The number of carbonyl (C=O) groups excluding carboxylic acids is 1. The third-order valence-corrected chi connectivity index (χ3v) is 7.95. The van der Waals surface area contributed by atoms with Gasteiger partial charge in [0.25, 0.3) is 0 Å². The van der Waals surface area contributed by atoms with Crippen LogP contribution in [-0.4, -0.2) is 65.9 Å². The summed E-state index contributed by atoms with van der Waals surface area (Å²) in [5.74, 6) is 0.483. The number of piperidine rings is 2. The zero-order chi connectivity index (χ0) is 22.8. The van der Waals surface area contributed by atoms with Gasteiger partial charge in [0.2, 0.25) is 5.91 Å². The van der Waals surface area contributed by atoms with E-state index in [1.807, 2.05) is 6.20 Å². The van der Waals surface area contributed by atoms with E-state index in [4.69, 9.17) is 0 Å². The van der Waals surface area contributed by atoms with Crippen LogP contribution < -0.4 is 0 Å². The zero-order valence-corrected chi connectivity index (χ0v) is 20.0. The molecule has 1 unspecified atom stereocenters. The lowest BCUT2D eigenvalue weighted by atomic mass is 9.79. The van der Waals surface area contributed by atoms with E-state index in [9.17, 15) is 4.79 Å². The molecular weight excluding hydrogens is 408 g/mol. The number of nitrogens with one attached hydrogen (secondary N) is 1. The van der Waals surface area contributed by atoms with E-state index in [1.54, 1.807) is 0 Å². The molecule has 0 aliphatic carbocycles. The summed E-state index contributed by atoms with van der Waals surface area (Å²) in [7, 11) is 4.35. The summed E-state index contributed by atoms with van der Waals surface area (Å²) in [6, 6.07) is 19.6. The van der Waals surface area contributed by atoms with Crippen LogP contribution in [0.5, 0.6) is 0 Å². The fourth-order valence-electron chi connectivity index (χ4n) is 5.95. The van der Waals surface area contributed by atoms with Gasteiger partial charge in [0, 0.05) is 43.4 Å². The maximum absolute atomic E-state index is 13.5. The number of rotatable bonds is 5. The second-order valence-electron chi connectivity index (χ2n) is 10.1. The van der Waals surface area contributed by atoms with Crippen molar-refractivity contribution in [3.63, 3.8) is 0 Å². The molecule has 1 N–H and O–H groups in total. The molecule has 0 spiro atoms. The van der Waals surface area contributed by atoms with Crippen LogP contribution >= 0.6 is 0 Å². The molecule has 0 saturated carbocycles. The number of hydrogen-bond acceptors (Lipinski definition) is 3. The van der Waals surface area contributed by atoms with Crippen LogP contribution in [0, 0.1) is 5.92 Å². The van der Waals surface area contributed by atoms with E-state index >= 15 is 0 Å². The third kappa shape index (κ3) is 4.44. The number of aromatic amines is 1. The number of amides is 1. The van der Waals surface area contributed by atoms with Crippen molar-refractivity contribution in [3.8, 4) is 0 Å². The van der Waals surface area contributed by atoms with Crippen LogP contribution in [0.1, 0.15) is 36.8 Å². The van der Waals surface area contributed by atoms with Gasteiger partial charge in [-0.05, 0) is 75.0 Å². The van der Waals surface area contributed by atoms with Gasteiger partial charge >= 0.3 is 0 Å². The SMILES string of the molecule is CN(C)C1(c2ccccc2)CCN(C(=O)C2CCCN(Cc3ccc4cc[nH]c4c3)C2)CC1. The Labute approximate surface area is 197 Å². The summed E-state index contributed by atoms with van der Waals surface area (Å²) in [4.78, 5) is 23.8. The van der Waals surface area contributed by atoms with Gasteiger partial charge in [0.15, 0.2) is 0 Å². The average molecular weight is 445 g/mol. The van der Waals surface area contributed by atoms with E-state index in [0.29, 0.717) is 5.91 Å². The molecule has 0 bridgehead atoms. The Balaban J connectivity index is 1.21. The molecule has 1 aromatic heterocycles. The highest BCUT2D eigenvalue weighted by molar-refractivity contribution is 5.80. The first-order valence-corrected chi connectivity index (χ1v) is 12.4. The Morgan fingerprint density at radius 3 is 2.61 bits per heavy atom. The molecule has 33 heavy (non-hydrogen) atoms. The number of carbonyl (C=O) groups is 1. The molecule has 1 amide bonds. The van der Waals surface area contributed by atoms with Gasteiger partial charge in [-0.3, -0.25) is 14.6 Å². The largest absolute Gasteiger partial charge is 0.361 e. The van der Waals surface area contributed by atoms with E-state index in [0.717, 1.165) is 58.4 Å². The lowest BCUT2D eigenvalue weighted by Crippen LogP contribution is -2.54. The molecule has 5 nitrogen and oxygen atoms in total. The predicted octanol–water partition coefficient (Wildman–Crippen LogP) is 4.46. The molecule has 3 heterocycles. The van der Waals surface area contributed by atoms with Crippen molar-refractivity contribution >= 4 is 16.8 Å². The number of benzene rings is 2. The fourth-order valence-corrected chi connectivity index (χ4v) is 5.95. The highest BCUT2D eigenvalue weighted by atomic mass is 16.2. The first-order chi connectivity index (χ1) is 16.0. The number of likely N-dealkylation sites (tertiary alicyclic amines) is 2. The van der Waals surface area contributed by atoms with Crippen molar-refractivity contribution < 1.29 is 4.79 Å². The van der Waals surface area contributed by atoms with Crippen LogP contribution in [0.2, 0.25) is 0 Å². The van der Waals surface area contributed by atoms with Crippen LogP contribution in [0.4, 0.5) is 0 Å². The van der Waals surface area contributed by atoms with Gasteiger partial charge < -0.3 is 9.88 Å². The molecular formula is C28H36N4O. The molecule has 2 aromatic carbocycles. The van der Waals surface area contributed by atoms with Crippen molar-refractivity contribution in [1.29, 1.82) is 0 Å². The molecule has 5 heteroatoms. The van der Waals surface area contributed by atoms with Crippen molar-refractivity contribution in [2.75, 3.05) is 40.3 Å². The van der Waals surface area contributed by atoms with Gasteiger partial charge in [-0.2, -0.15) is 0 Å². The summed E-state index contributed by atoms with van der Waals surface area (Å²) >= 11 is 0. The normalized spacial score (nSPS) is 21.5. The fraction of sp³-hybridized carbons (Fsp3) is 0.464. The second kappa shape index (κ2) is 9.32. The highest BCUT2D eigenvalue weighted by Gasteiger charge is 2.40. The van der Waals surface area contributed by atoms with Crippen molar-refractivity contribution in [2.45, 2.75) is 37.8 Å². The first kappa shape index (κ1) is 22.2. The maximum Gasteiger partial charge on any atom is 0.226 e. The third-order valence-electron chi connectivity index (χ3n) is 7.95. The lowest BCUT2D eigenvalue weighted by molar-refractivity contribution is -0.140. The smallest absolute Gasteiger partial charge is 0.226 e. The van der Waals surface area contributed by atoms with Crippen molar-refractivity contribution in [3.05, 3.63) is 71.9 Å². The van der Waals surface area contributed by atoms with E-state index in [-0.39, 0.29) is 11.5 Å². The summed E-state index contributed by atoms with van der Waals surface area (Å²) in [6.45, 7) is 4.54. The summed E-state index contributed by atoms with van der Waals surface area (Å²) < 4.78 is 0. The zero-order valence-electron chi connectivity index (χ0n) is 20.0. The standard InChI is InChI=1S/C28H36N4O/c1-30(2)28(25-8-4-3-5-9-25)13-17-32(18-14-28)27(33)24-7-6-16-31(21-24)20-22-10-11-23-12-15-29-26(23)19-22/h3-5,8-12,15,19,24,29H,6-7,13-14,16-18,20-21H2,1-2H3. The Kier molecular flexibility index (Phi) is 6.26. The molecule has 174 valence electrons. The monoisotopic (exact) mass is 444 g/mol. The second-order valence-corrected chi connectivity index (χ2v) is 10.1. The van der Waals surface area contributed by atoms with Gasteiger partial charge in [-0.1, -0.05) is 42.5 Å². The minimum Gasteiger partial charge on any atom is -0.361 e. The number of fused-ring (bicyclic) bond motifs is 1. The Bertz CT molecular complexity index is 1080. The molecule has 5 rings (SSSR count).